The van der Waals surface area contributed by atoms with Crippen molar-refractivity contribution < 1.29 is 74.6 Å². The van der Waals surface area contributed by atoms with Crippen LogP contribution >= 0.6 is 22.6 Å². The monoisotopic (exact) mass is 700 g/mol. The van der Waals surface area contributed by atoms with E-state index in [9.17, 15) is 74.6 Å². The second kappa shape index (κ2) is 11.2. The van der Waals surface area contributed by atoms with Gasteiger partial charge in [-0.25, -0.2) is 0 Å². The third-order valence-electron chi connectivity index (χ3n) is 5.43. The van der Waals surface area contributed by atoms with Crippen LogP contribution in [0.25, 0.3) is 0 Å². The first kappa shape index (κ1) is 36.5. The smallest absolute Gasteiger partial charge is 0.200 e. The SMILES string of the molecule is CCCCCCCCC(C)(I)CC(F)(F)C(F)(F)C(F)(F)C(F)(F)C(F)(F)C(F)(F)C(F)(F)C(F)(F)F. The molecule has 0 bridgehead atoms. The molecule has 0 nitrogen and oxygen atoms in total. The predicted octanol–water partition coefficient (Wildman–Crippen LogP) is 10.3. The Morgan fingerprint density at radius 1 is 0.459 bits per heavy atom. The number of hydrogen-bond acceptors (Lipinski definition) is 0. The lowest BCUT2D eigenvalue weighted by Gasteiger charge is -2.43. The summed E-state index contributed by atoms with van der Waals surface area (Å²) in [4.78, 5) is 0. The summed E-state index contributed by atoms with van der Waals surface area (Å²) in [5.41, 5.74) is 0. The molecule has 0 radical (unpaired) electrons. The van der Waals surface area contributed by atoms with Gasteiger partial charge < -0.3 is 0 Å². The van der Waals surface area contributed by atoms with Crippen LogP contribution in [0.3, 0.4) is 0 Å². The van der Waals surface area contributed by atoms with Gasteiger partial charge in [-0.15, -0.1) is 0 Å². The van der Waals surface area contributed by atoms with E-state index in [-0.39, 0.29) is 6.42 Å². The van der Waals surface area contributed by atoms with E-state index < -0.39 is 63.9 Å². The number of alkyl halides is 18. The van der Waals surface area contributed by atoms with Crippen molar-refractivity contribution in [2.45, 2.75) is 116 Å². The fourth-order valence-electron chi connectivity index (χ4n) is 3.13. The van der Waals surface area contributed by atoms with E-state index >= 15 is 0 Å². The number of rotatable bonds is 15. The van der Waals surface area contributed by atoms with Crippen LogP contribution in [0.15, 0.2) is 0 Å². The predicted molar refractivity (Wildman–Crippen MR) is 106 cm³/mol. The normalized spacial score (nSPS) is 17.2. The zero-order valence-electron chi connectivity index (χ0n) is 19.0. The lowest BCUT2D eigenvalue weighted by Crippen LogP contribution is -2.74. The second-order valence-electron chi connectivity index (χ2n) is 8.76. The highest BCUT2D eigenvalue weighted by atomic mass is 127. The molecule has 0 fully saturated rings. The van der Waals surface area contributed by atoms with E-state index in [1.54, 1.807) is 0 Å². The van der Waals surface area contributed by atoms with E-state index in [0.29, 0.717) is 19.3 Å². The molecule has 0 aromatic heterocycles. The molecule has 18 heteroatoms. The minimum Gasteiger partial charge on any atom is -0.200 e. The van der Waals surface area contributed by atoms with Crippen LogP contribution in [-0.4, -0.2) is 51.1 Å². The summed E-state index contributed by atoms with van der Waals surface area (Å²) in [6, 6.07) is 0. The fraction of sp³-hybridized carbons (Fsp3) is 1.00. The Kier molecular flexibility index (Phi) is 11.1. The van der Waals surface area contributed by atoms with Gasteiger partial charge in [-0.3, -0.25) is 0 Å². The van der Waals surface area contributed by atoms with Crippen molar-refractivity contribution in [3.05, 3.63) is 0 Å². The van der Waals surface area contributed by atoms with Crippen molar-refractivity contribution in [3.63, 3.8) is 0 Å². The Hall–Kier alpha value is -0.460. The highest BCUT2D eigenvalue weighted by Gasteiger charge is 2.95. The zero-order valence-corrected chi connectivity index (χ0v) is 21.1. The highest BCUT2D eigenvalue weighted by Crippen LogP contribution is 2.64. The molecule has 0 saturated carbocycles. The number of unbranched alkanes of at least 4 members (excludes halogenated alkanes) is 5. The summed E-state index contributed by atoms with van der Waals surface area (Å²) in [5, 5.41) is 0. The first-order valence-corrected chi connectivity index (χ1v) is 11.5. The average Bonchev–Trinajstić information content (AvgIpc) is 2.67. The highest BCUT2D eigenvalue weighted by molar-refractivity contribution is 14.1. The van der Waals surface area contributed by atoms with Crippen molar-refractivity contribution >= 4 is 22.6 Å². The fourth-order valence-corrected chi connectivity index (χ4v) is 3.99. The summed E-state index contributed by atoms with van der Waals surface area (Å²) < 4.78 is 225. The molecular formula is C19H22F17I. The van der Waals surface area contributed by atoms with Gasteiger partial charge in [-0.05, 0) is 6.42 Å². The molecule has 1 atom stereocenters. The maximum Gasteiger partial charge on any atom is 0.460 e. The first-order chi connectivity index (χ1) is 16.0. The quantitative estimate of drug-likeness (QED) is 0.0691. The van der Waals surface area contributed by atoms with E-state index in [4.69, 9.17) is 0 Å². The van der Waals surface area contributed by atoms with Gasteiger partial charge in [-0.1, -0.05) is 75.0 Å². The Morgan fingerprint density at radius 3 is 1.16 bits per heavy atom. The molecule has 0 aliphatic heterocycles. The van der Waals surface area contributed by atoms with E-state index in [1.807, 2.05) is 6.92 Å². The van der Waals surface area contributed by atoms with E-state index in [0.717, 1.165) is 42.4 Å². The molecular weight excluding hydrogens is 678 g/mol. The lowest BCUT2D eigenvalue weighted by atomic mass is 9.85. The van der Waals surface area contributed by atoms with Gasteiger partial charge in [0.1, 0.15) is 0 Å². The number of halogens is 18. The van der Waals surface area contributed by atoms with E-state index in [2.05, 4.69) is 0 Å². The summed E-state index contributed by atoms with van der Waals surface area (Å²) in [6.07, 6.45) is -7.26. The lowest BCUT2D eigenvalue weighted by molar-refractivity contribution is -0.462. The van der Waals surface area contributed by atoms with Crippen molar-refractivity contribution in [3.8, 4) is 0 Å². The van der Waals surface area contributed by atoms with Gasteiger partial charge in [0.25, 0.3) is 0 Å². The molecule has 0 N–H and O–H groups in total. The Morgan fingerprint density at radius 2 is 0.784 bits per heavy atom. The molecule has 0 heterocycles. The standard InChI is InChI=1S/C19H22F17I/c1-3-4-5-6-7-8-9-11(2,37)10-12(20,21)13(22,23)14(24,25)15(26,27)16(28,29)17(30,31)18(32,33)19(34,35)36/h3-10H2,1-2H3. The van der Waals surface area contributed by atoms with Crippen molar-refractivity contribution in [1.82, 2.24) is 0 Å². The second-order valence-corrected chi connectivity index (χ2v) is 11.4. The summed E-state index contributed by atoms with van der Waals surface area (Å²) in [7, 11) is 0. The third-order valence-corrected chi connectivity index (χ3v) is 6.35. The Bertz CT molecular complexity index is 739. The minimum absolute atomic E-state index is 0.0498. The first-order valence-electron chi connectivity index (χ1n) is 10.4. The average molecular weight is 700 g/mol. The minimum atomic E-state index is -8.59. The summed E-state index contributed by atoms with van der Waals surface area (Å²) in [5.74, 6) is -55.9. The topological polar surface area (TPSA) is 0 Å². The molecule has 37 heavy (non-hydrogen) atoms. The molecule has 0 aliphatic rings. The largest absolute Gasteiger partial charge is 0.460 e. The van der Waals surface area contributed by atoms with Gasteiger partial charge in [0.15, 0.2) is 0 Å². The Balaban J connectivity index is 6.16. The van der Waals surface area contributed by atoms with Crippen LogP contribution in [-0.2, 0) is 0 Å². The van der Waals surface area contributed by atoms with Crippen LogP contribution < -0.4 is 0 Å². The van der Waals surface area contributed by atoms with Crippen molar-refractivity contribution in [1.29, 1.82) is 0 Å². The maximum absolute atomic E-state index is 14.2. The summed E-state index contributed by atoms with van der Waals surface area (Å²) >= 11 is 1.07. The van der Waals surface area contributed by atoms with Gasteiger partial charge in [0.2, 0.25) is 0 Å². The van der Waals surface area contributed by atoms with Gasteiger partial charge in [-0.2, -0.15) is 74.6 Å². The molecule has 0 aromatic carbocycles. The number of hydrogen-bond donors (Lipinski definition) is 0. The van der Waals surface area contributed by atoms with E-state index in [1.165, 1.54) is 0 Å². The molecule has 0 spiro atoms. The van der Waals surface area contributed by atoms with Gasteiger partial charge >= 0.3 is 47.6 Å². The molecule has 0 aliphatic carbocycles. The Labute approximate surface area is 213 Å². The molecule has 0 amide bonds. The van der Waals surface area contributed by atoms with Gasteiger partial charge in [0.05, 0.1) is 0 Å². The van der Waals surface area contributed by atoms with Gasteiger partial charge in [0, 0.05) is 9.84 Å². The molecule has 224 valence electrons. The van der Waals surface area contributed by atoms with Crippen LogP contribution in [0, 0.1) is 0 Å². The zero-order chi connectivity index (χ0) is 30.2. The molecule has 0 aromatic rings. The van der Waals surface area contributed by atoms with Crippen molar-refractivity contribution in [2.24, 2.45) is 0 Å². The van der Waals surface area contributed by atoms with Crippen LogP contribution in [0.4, 0.5) is 74.6 Å². The summed E-state index contributed by atoms with van der Waals surface area (Å²) in [6.45, 7) is 2.65. The molecule has 0 saturated heterocycles. The third kappa shape index (κ3) is 6.65. The van der Waals surface area contributed by atoms with Crippen LogP contribution in [0.1, 0.15) is 65.2 Å². The van der Waals surface area contributed by atoms with Crippen LogP contribution in [0.5, 0.6) is 0 Å². The maximum atomic E-state index is 14.2. The molecule has 1 unspecified atom stereocenters. The molecule has 0 rings (SSSR count). The van der Waals surface area contributed by atoms with Crippen LogP contribution in [0.2, 0.25) is 0 Å². The van der Waals surface area contributed by atoms with Crippen molar-refractivity contribution in [2.75, 3.05) is 0 Å².